The Morgan fingerprint density at radius 3 is 1.36 bits per heavy atom. The summed E-state index contributed by atoms with van der Waals surface area (Å²) in [5.41, 5.74) is 23.1. The summed E-state index contributed by atoms with van der Waals surface area (Å²) in [6, 6.07) is 94.6. The van der Waals surface area contributed by atoms with E-state index in [4.69, 9.17) is 6.58 Å². The van der Waals surface area contributed by atoms with Crippen molar-refractivity contribution in [3.05, 3.63) is 308 Å². The van der Waals surface area contributed by atoms with Gasteiger partial charge in [-0.1, -0.05) is 198 Å². The fourth-order valence-electron chi connectivity index (χ4n) is 15.4. The SMILES string of the molecule is C=C1/C=C\C=C/CC2=C(c3ccc(N(c4ccccc4)c4ccc5c(c4)c4ccccc4n5-c4ccccc4)cc31)C([Si](C)(C)C)([Si](C)(C)C)c1cc3cc(N(c4ccccc4)c4ccc5c(c4)c4ccccc4n5-c4ccccc4)ccc3cc12. The van der Waals surface area contributed by atoms with Gasteiger partial charge in [-0.2, -0.15) is 0 Å². The first-order chi connectivity index (χ1) is 41.9. The van der Waals surface area contributed by atoms with Crippen LogP contribution in [0.4, 0.5) is 34.1 Å². The maximum Gasteiger partial charge on any atom is 0.0579 e. The molecule has 6 heteroatoms. The lowest BCUT2D eigenvalue weighted by atomic mass is 9.89. The molecule has 0 N–H and O–H groups in total. The van der Waals surface area contributed by atoms with E-state index < -0.39 is 16.1 Å². The van der Waals surface area contributed by atoms with Crippen LogP contribution in [-0.2, 0) is 4.66 Å². The van der Waals surface area contributed by atoms with Crippen LogP contribution in [-0.4, -0.2) is 25.3 Å². The van der Waals surface area contributed by atoms with Crippen LogP contribution < -0.4 is 9.80 Å². The summed E-state index contributed by atoms with van der Waals surface area (Å²) in [5.74, 6) is 0. The van der Waals surface area contributed by atoms with Crippen molar-refractivity contribution in [1.29, 1.82) is 0 Å². The molecule has 2 aliphatic carbocycles. The van der Waals surface area contributed by atoms with E-state index in [1.807, 2.05) is 0 Å². The molecule has 86 heavy (non-hydrogen) atoms. The molecule has 0 saturated heterocycles. The lowest BCUT2D eigenvalue weighted by Gasteiger charge is -2.53. The zero-order valence-electron chi connectivity index (χ0n) is 49.8. The first kappa shape index (κ1) is 53.0. The number of anilines is 6. The van der Waals surface area contributed by atoms with Crippen LogP contribution in [0.15, 0.2) is 286 Å². The third kappa shape index (κ3) is 8.37. The van der Waals surface area contributed by atoms with Gasteiger partial charge in [0.05, 0.1) is 38.2 Å². The zero-order valence-corrected chi connectivity index (χ0v) is 51.8. The molecule has 0 radical (unpaired) electrons. The number of fused-ring (bicyclic) bond motifs is 11. The molecule has 0 fully saturated rings. The van der Waals surface area contributed by atoms with Crippen LogP contribution in [0.3, 0.4) is 0 Å². The van der Waals surface area contributed by atoms with Crippen LogP contribution in [0, 0.1) is 0 Å². The Balaban J connectivity index is 0.906. The third-order valence-electron chi connectivity index (χ3n) is 18.5. The molecule has 2 heterocycles. The topological polar surface area (TPSA) is 16.3 Å². The predicted octanol–water partition coefficient (Wildman–Crippen LogP) is 22.4. The zero-order chi connectivity index (χ0) is 58.5. The second-order valence-electron chi connectivity index (χ2n) is 25.4. The van der Waals surface area contributed by atoms with Gasteiger partial charge in [0.1, 0.15) is 0 Å². The van der Waals surface area contributed by atoms with E-state index in [9.17, 15) is 0 Å². The minimum absolute atomic E-state index is 0.184. The molecule has 0 bridgehead atoms. The van der Waals surface area contributed by atoms with Crippen molar-refractivity contribution in [3.8, 4) is 11.4 Å². The van der Waals surface area contributed by atoms with Crippen molar-refractivity contribution < 1.29 is 0 Å². The van der Waals surface area contributed by atoms with Gasteiger partial charge in [0.2, 0.25) is 0 Å². The second kappa shape index (κ2) is 20.5. The fourth-order valence-corrected chi connectivity index (χ4v) is 28.5. The Kier molecular flexibility index (Phi) is 12.7. The average Bonchev–Trinajstić information content (AvgIpc) is 1.49. The van der Waals surface area contributed by atoms with Gasteiger partial charge in [-0.15, -0.1) is 0 Å². The van der Waals surface area contributed by atoms with Crippen LogP contribution in [0.2, 0.25) is 39.3 Å². The highest BCUT2D eigenvalue weighted by atomic mass is 28.4. The van der Waals surface area contributed by atoms with Crippen molar-refractivity contribution >= 4 is 121 Å². The second-order valence-corrected chi connectivity index (χ2v) is 36.4. The molecule has 0 saturated carbocycles. The summed E-state index contributed by atoms with van der Waals surface area (Å²) >= 11 is 0. The molecule has 11 aromatic carbocycles. The summed E-state index contributed by atoms with van der Waals surface area (Å²) in [7, 11) is -4.46. The number of hydrogen-bond acceptors (Lipinski definition) is 2. The van der Waals surface area contributed by atoms with Crippen LogP contribution in [0.1, 0.15) is 28.7 Å². The highest BCUT2D eigenvalue weighted by Gasteiger charge is 2.60. The van der Waals surface area contributed by atoms with Crippen molar-refractivity contribution in [3.63, 3.8) is 0 Å². The molecular weight excluding hydrogens is 1070 g/mol. The van der Waals surface area contributed by atoms with Crippen molar-refractivity contribution in [2.45, 2.75) is 50.4 Å². The summed E-state index contributed by atoms with van der Waals surface area (Å²) in [6.45, 7) is 20.8. The van der Waals surface area contributed by atoms with E-state index >= 15 is 0 Å². The van der Waals surface area contributed by atoms with Gasteiger partial charge in [-0.3, -0.25) is 0 Å². The minimum atomic E-state index is -2.23. The predicted molar refractivity (Wildman–Crippen MR) is 376 cm³/mol. The number of benzene rings is 11. The molecule has 416 valence electrons. The molecular formula is C80H68N4Si2. The first-order valence-electron chi connectivity index (χ1n) is 30.2. The number of hydrogen-bond donors (Lipinski definition) is 0. The molecule has 0 aliphatic heterocycles. The Morgan fingerprint density at radius 2 is 0.826 bits per heavy atom. The van der Waals surface area contributed by atoms with Crippen molar-refractivity contribution in [2.24, 2.45) is 0 Å². The molecule has 0 spiro atoms. The first-order valence-corrected chi connectivity index (χ1v) is 37.2. The Hall–Kier alpha value is -9.73. The van der Waals surface area contributed by atoms with E-state index in [1.165, 1.54) is 87.8 Å². The molecule has 0 amide bonds. The summed E-state index contributed by atoms with van der Waals surface area (Å²) in [5, 5.41) is 7.41. The Morgan fingerprint density at radius 1 is 0.372 bits per heavy atom. The maximum atomic E-state index is 4.94. The fraction of sp³-hybridized carbons (Fsp3) is 0.100. The number of nitrogens with zero attached hydrogens (tertiary/aromatic N) is 4. The van der Waals surface area contributed by atoms with E-state index in [0.717, 1.165) is 57.5 Å². The van der Waals surface area contributed by atoms with Crippen molar-refractivity contribution in [2.75, 3.05) is 9.80 Å². The van der Waals surface area contributed by atoms with Crippen LogP contribution in [0.5, 0.6) is 0 Å². The summed E-state index contributed by atoms with van der Waals surface area (Å²) in [6.07, 6.45) is 9.87. The molecule has 4 nitrogen and oxygen atoms in total. The highest BCUT2D eigenvalue weighted by molar-refractivity contribution is 7.01. The van der Waals surface area contributed by atoms with Gasteiger partial charge in [0.25, 0.3) is 0 Å². The molecule has 0 unspecified atom stereocenters. The summed E-state index contributed by atoms with van der Waals surface area (Å²) < 4.78 is 4.61. The lowest BCUT2D eigenvalue weighted by molar-refractivity contribution is 1.01. The van der Waals surface area contributed by atoms with Crippen molar-refractivity contribution in [1.82, 2.24) is 9.13 Å². The van der Waals surface area contributed by atoms with E-state index in [2.05, 4.69) is 337 Å². The minimum Gasteiger partial charge on any atom is -0.310 e. The Bertz CT molecular complexity index is 4920. The van der Waals surface area contributed by atoms with Gasteiger partial charge < -0.3 is 18.9 Å². The smallest absolute Gasteiger partial charge is 0.0579 e. The number of aromatic nitrogens is 2. The average molecular weight is 1140 g/mol. The molecule has 2 aromatic heterocycles. The van der Waals surface area contributed by atoms with Gasteiger partial charge in [-0.05, 0) is 184 Å². The van der Waals surface area contributed by atoms with Gasteiger partial charge in [-0.25, -0.2) is 0 Å². The normalized spacial score (nSPS) is 14.8. The van der Waals surface area contributed by atoms with Gasteiger partial charge in [0.15, 0.2) is 0 Å². The third-order valence-corrected chi connectivity index (χ3v) is 28.5. The quantitative estimate of drug-likeness (QED) is 0.127. The molecule has 2 aliphatic rings. The van der Waals surface area contributed by atoms with Crippen LogP contribution in [0.25, 0.3) is 82.5 Å². The number of rotatable bonds is 10. The number of para-hydroxylation sites is 6. The van der Waals surface area contributed by atoms with Gasteiger partial charge >= 0.3 is 0 Å². The maximum absolute atomic E-state index is 4.94. The van der Waals surface area contributed by atoms with Gasteiger partial charge in [0, 0.05) is 71.7 Å². The van der Waals surface area contributed by atoms with Crippen LogP contribution >= 0.6 is 0 Å². The Labute approximate surface area is 506 Å². The van der Waals surface area contributed by atoms with E-state index in [0.29, 0.717) is 0 Å². The molecule has 13 aromatic rings. The largest absolute Gasteiger partial charge is 0.310 e. The monoisotopic (exact) mass is 1140 g/mol. The standard InChI is InChI=1S/C80H68N4Si2/c1-55-27-13-8-22-38-68-71-50-56-41-42-62(81(58-28-14-9-15-29-58)64-44-47-77-72(53-64)66-36-23-25-39-75(66)83(77)60-32-18-11-19-33-60)49-57(56)51-74(71)80(85(2,3)4,86(5,6)7)79(68)69-46-43-63(52-70(55)69)82(59-30-16-10-17-31-59)65-45-48-78-73(54-65)67-37-24-26-40-76(67)84(78)61-34-20-12-21-35-61/h8-37,39-54H,1,38H2,2-7H3/b22-8-,27-13-. The molecule has 0 atom stereocenters. The summed E-state index contributed by atoms with van der Waals surface area (Å²) in [4.78, 5) is 4.89. The molecule has 15 rings (SSSR count). The lowest BCUT2D eigenvalue weighted by Crippen LogP contribution is -2.63. The number of allylic oxidation sites excluding steroid dienone is 7. The highest BCUT2D eigenvalue weighted by Crippen LogP contribution is 2.62. The van der Waals surface area contributed by atoms with E-state index in [1.54, 1.807) is 0 Å². The van der Waals surface area contributed by atoms with E-state index in [-0.39, 0.29) is 4.66 Å².